The molecule has 0 aromatic carbocycles. The molecule has 0 radical (unpaired) electrons. The van der Waals surface area contributed by atoms with E-state index in [0.717, 1.165) is 19.1 Å². The van der Waals surface area contributed by atoms with Crippen molar-refractivity contribution in [1.82, 2.24) is 9.88 Å². The van der Waals surface area contributed by atoms with Gasteiger partial charge in [0.05, 0.1) is 11.9 Å². The fourth-order valence-electron chi connectivity index (χ4n) is 3.33. The highest BCUT2D eigenvalue weighted by molar-refractivity contribution is 5.46. The highest BCUT2D eigenvalue weighted by Crippen LogP contribution is 2.25. The summed E-state index contributed by atoms with van der Waals surface area (Å²) in [5.74, 6) is 0. The van der Waals surface area contributed by atoms with Gasteiger partial charge in [-0.3, -0.25) is 9.88 Å². The zero-order chi connectivity index (χ0) is 12.4. The molecule has 1 aromatic rings. The van der Waals surface area contributed by atoms with E-state index in [0.29, 0.717) is 0 Å². The first-order chi connectivity index (χ1) is 8.83. The van der Waals surface area contributed by atoms with Crippen molar-refractivity contribution in [3.8, 4) is 0 Å². The van der Waals surface area contributed by atoms with Crippen LogP contribution in [0.25, 0.3) is 0 Å². The van der Waals surface area contributed by atoms with Crippen molar-refractivity contribution >= 4 is 5.69 Å². The van der Waals surface area contributed by atoms with Crippen molar-refractivity contribution in [2.24, 2.45) is 0 Å². The Hall–Kier alpha value is -1.09. The van der Waals surface area contributed by atoms with Gasteiger partial charge in [-0.1, -0.05) is 12.8 Å². The topological polar surface area (TPSA) is 19.4 Å². The molecule has 2 aliphatic rings. The van der Waals surface area contributed by atoms with Crippen LogP contribution in [0, 0.1) is 6.92 Å². The normalized spacial score (nSPS) is 22.6. The average Bonchev–Trinajstić information content (AvgIpc) is 2.93. The van der Waals surface area contributed by atoms with Crippen molar-refractivity contribution in [2.75, 3.05) is 31.1 Å². The van der Waals surface area contributed by atoms with Crippen LogP contribution in [-0.2, 0) is 0 Å². The Morgan fingerprint density at radius 2 is 1.78 bits per heavy atom. The molecule has 0 N–H and O–H groups in total. The summed E-state index contributed by atoms with van der Waals surface area (Å²) in [6.45, 7) is 6.87. The molecule has 1 aromatic heterocycles. The van der Waals surface area contributed by atoms with E-state index in [4.69, 9.17) is 0 Å². The van der Waals surface area contributed by atoms with E-state index < -0.39 is 0 Å². The quantitative estimate of drug-likeness (QED) is 0.798. The van der Waals surface area contributed by atoms with Crippen LogP contribution in [0.3, 0.4) is 0 Å². The molecule has 98 valence electrons. The molecule has 0 bridgehead atoms. The number of rotatable bonds is 2. The first-order valence-corrected chi connectivity index (χ1v) is 7.23. The molecule has 1 saturated carbocycles. The van der Waals surface area contributed by atoms with Crippen molar-refractivity contribution < 1.29 is 0 Å². The van der Waals surface area contributed by atoms with E-state index in [1.54, 1.807) is 0 Å². The number of anilines is 1. The van der Waals surface area contributed by atoms with Crippen molar-refractivity contribution in [2.45, 2.75) is 38.6 Å². The lowest BCUT2D eigenvalue weighted by Crippen LogP contribution is -2.49. The van der Waals surface area contributed by atoms with E-state index in [9.17, 15) is 0 Å². The SMILES string of the molecule is Cc1cncc(N2CCN(C3CCCC3)CC2)c1. The molecule has 1 saturated heterocycles. The number of hydrogen-bond donors (Lipinski definition) is 0. The number of pyridine rings is 1. The minimum Gasteiger partial charge on any atom is -0.368 e. The van der Waals surface area contributed by atoms with Crippen LogP contribution in [0.1, 0.15) is 31.2 Å². The maximum absolute atomic E-state index is 4.30. The largest absolute Gasteiger partial charge is 0.368 e. The summed E-state index contributed by atoms with van der Waals surface area (Å²) in [7, 11) is 0. The van der Waals surface area contributed by atoms with E-state index >= 15 is 0 Å². The maximum atomic E-state index is 4.30. The average molecular weight is 245 g/mol. The standard InChI is InChI=1S/C15H23N3/c1-13-10-15(12-16-11-13)18-8-6-17(7-9-18)14-4-2-3-5-14/h10-12,14H,2-9H2,1H3. The number of aryl methyl sites for hydroxylation is 1. The second-order valence-corrected chi connectivity index (χ2v) is 5.68. The molecule has 2 heterocycles. The zero-order valence-corrected chi connectivity index (χ0v) is 11.3. The summed E-state index contributed by atoms with van der Waals surface area (Å²) in [4.78, 5) is 9.48. The number of piperazine rings is 1. The second-order valence-electron chi connectivity index (χ2n) is 5.68. The van der Waals surface area contributed by atoms with Gasteiger partial charge in [0, 0.05) is 38.4 Å². The van der Waals surface area contributed by atoms with Crippen LogP contribution >= 0.6 is 0 Å². The van der Waals surface area contributed by atoms with E-state index in [2.05, 4.69) is 27.8 Å². The summed E-state index contributed by atoms with van der Waals surface area (Å²) in [5.41, 5.74) is 2.55. The lowest BCUT2D eigenvalue weighted by atomic mass is 10.1. The Morgan fingerprint density at radius 1 is 1.06 bits per heavy atom. The Morgan fingerprint density at radius 3 is 2.44 bits per heavy atom. The fraction of sp³-hybridized carbons (Fsp3) is 0.667. The molecule has 1 aliphatic carbocycles. The van der Waals surface area contributed by atoms with Gasteiger partial charge < -0.3 is 4.90 Å². The molecule has 0 spiro atoms. The minimum atomic E-state index is 0.878. The van der Waals surface area contributed by atoms with Crippen LogP contribution in [0.2, 0.25) is 0 Å². The number of nitrogens with zero attached hydrogens (tertiary/aromatic N) is 3. The lowest BCUT2D eigenvalue weighted by Gasteiger charge is -2.39. The summed E-state index contributed by atoms with van der Waals surface area (Å²) >= 11 is 0. The van der Waals surface area contributed by atoms with Gasteiger partial charge >= 0.3 is 0 Å². The first-order valence-electron chi connectivity index (χ1n) is 7.23. The summed E-state index contributed by atoms with van der Waals surface area (Å²) < 4.78 is 0. The van der Waals surface area contributed by atoms with Crippen LogP contribution in [0.15, 0.2) is 18.5 Å². The van der Waals surface area contributed by atoms with Crippen LogP contribution in [0.4, 0.5) is 5.69 Å². The third kappa shape index (κ3) is 2.51. The third-order valence-corrected chi connectivity index (χ3v) is 4.38. The number of hydrogen-bond acceptors (Lipinski definition) is 3. The molecule has 3 rings (SSSR count). The first kappa shape index (κ1) is 12.0. The van der Waals surface area contributed by atoms with Gasteiger partial charge in [-0.15, -0.1) is 0 Å². The highest BCUT2D eigenvalue weighted by atomic mass is 15.3. The molecular formula is C15H23N3. The van der Waals surface area contributed by atoms with Gasteiger partial charge in [-0.25, -0.2) is 0 Å². The van der Waals surface area contributed by atoms with Gasteiger partial charge in [-0.2, -0.15) is 0 Å². The molecule has 3 nitrogen and oxygen atoms in total. The van der Waals surface area contributed by atoms with Crippen LogP contribution in [-0.4, -0.2) is 42.1 Å². The van der Waals surface area contributed by atoms with Gasteiger partial charge in [0.2, 0.25) is 0 Å². The molecule has 0 amide bonds. The molecule has 18 heavy (non-hydrogen) atoms. The highest BCUT2D eigenvalue weighted by Gasteiger charge is 2.26. The van der Waals surface area contributed by atoms with Crippen molar-refractivity contribution in [3.05, 3.63) is 24.0 Å². The fourth-order valence-corrected chi connectivity index (χ4v) is 3.33. The molecule has 0 unspecified atom stereocenters. The van der Waals surface area contributed by atoms with Gasteiger partial charge in [-0.05, 0) is 31.4 Å². The molecule has 0 atom stereocenters. The van der Waals surface area contributed by atoms with Crippen LogP contribution < -0.4 is 4.90 Å². The summed E-state index contributed by atoms with van der Waals surface area (Å²) in [6, 6.07) is 3.13. The zero-order valence-electron chi connectivity index (χ0n) is 11.3. The Balaban J connectivity index is 1.59. The predicted molar refractivity (Wildman–Crippen MR) is 75.0 cm³/mol. The molecule has 1 aliphatic heterocycles. The second kappa shape index (κ2) is 5.27. The van der Waals surface area contributed by atoms with Crippen LogP contribution in [0.5, 0.6) is 0 Å². The Kier molecular flexibility index (Phi) is 3.50. The summed E-state index contributed by atoms with van der Waals surface area (Å²) in [5, 5.41) is 0. The number of aromatic nitrogens is 1. The maximum Gasteiger partial charge on any atom is 0.0556 e. The van der Waals surface area contributed by atoms with E-state index in [1.165, 1.54) is 50.0 Å². The van der Waals surface area contributed by atoms with Crippen molar-refractivity contribution in [1.29, 1.82) is 0 Å². The Bertz CT molecular complexity index is 390. The predicted octanol–water partition coefficient (Wildman–Crippen LogP) is 2.45. The molecular weight excluding hydrogens is 222 g/mol. The van der Waals surface area contributed by atoms with Gasteiger partial charge in [0.1, 0.15) is 0 Å². The smallest absolute Gasteiger partial charge is 0.0556 e. The third-order valence-electron chi connectivity index (χ3n) is 4.38. The van der Waals surface area contributed by atoms with Gasteiger partial charge in [0.25, 0.3) is 0 Å². The Labute approximate surface area is 110 Å². The minimum absolute atomic E-state index is 0.878. The lowest BCUT2D eigenvalue weighted by molar-refractivity contribution is 0.187. The molecule has 2 fully saturated rings. The van der Waals surface area contributed by atoms with E-state index in [-0.39, 0.29) is 0 Å². The van der Waals surface area contributed by atoms with E-state index in [1.807, 2.05) is 12.4 Å². The monoisotopic (exact) mass is 245 g/mol. The van der Waals surface area contributed by atoms with Gasteiger partial charge in [0.15, 0.2) is 0 Å². The van der Waals surface area contributed by atoms with Crippen molar-refractivity contribution in [3.63, 3.8) is 0 Å². The molecule has 3 heteroatoms. The summed E-state index contributed by atoms with van der Waals surface area (Å²) in [6.07, 6.45) is 9.65.